The fourth-order valence-corrected chi connectivity index (χ4v) is 1.67. The summed E-state index contributed by atoms with van der Waals surface area (Å²) in [6, 6.07) is 0. The van der Waals surface area contributed by atoms with Crippen molar-refractivity contribution in [3.8, 4) is 0 Å². The highest BCUT2D eigenvalue weighted by atomic mass is 16.5. The molecule has 1 aliphatic carbocycles. The van der Waals surface area contributed by atoms with Crippen LogP contribution in [0.5, 0.6) is 0 Å². The molecule has 1 rings (SSSR count). The molecule has 78 valence electrons. The summed E-state index contributed by atoms with van der Waals surface area (Å²) in [4.78, 5) is 33.7. The summed E-state index contributed by atoms with van der Waals surface area (Å²) >= 11 is 0. The van der Waals surface area contributed by atoms with Crippen LogP contribution >= 0.6 is 0 Å². The highest BCUT2D eigenvalue weighted by Crippen LogP contribution is 2.30. The van der Waals surface area contributed by atoms with Crippen LogP contribution in [0.4, 0.5) is 0 Å². The summed E-state index contributed by atoms with van der Waals surface area (Å²) in [6.45, 7) is 0. The van der Waals surface area contributed by atoms with Gasteiger partial charge in [-0.15, -0.1) is 0 Å². The summed E-state index contributed by atoms with van der Waals surface area (Å²) < 4.78 is 8.97. The molecule has 0 unspecified atom stereocenters. The van der Waals surface area contributed by atoms with Crippen molar-refractivity contribution in [3.05, 3.63) is 0 Å². The van der Waals surface area contributed by atoms with Gasteiger partial charge in [-0.3, -0.25) is 14.4 Å². The van der Waals surface area contributed by atoms with Crippen LogP contribution in [0.2, 0.25) is 0 Å². The molecule has 0 spiro atoms. The lowest BCUT2D eigenvalue weighted by atomic mass is 9.96. The van der Waals surface area contributed by atoms with Crippen molar-refractivity contribution in [1.82, 2.24) is 0 Å². The Morgan fingerprint density at radius 2 is 1.79 bits per heavy atom. The van der Waals surface area contributed by atoms with Crippen molar-refractivity contribution < 1.29 is 23.9 Å². The molecule has 0 bridgehead atoms. The van der Waals surface area contributed by atoms with Gasteiger partial charge in [0.2, 0.25) is 0 Å². The van der Waals surface area contributed by atoms with Gasteiger partial charge < -0.3 is 9.47 Å². The Bertz CT molecular complexity index is 270. The SMILES string of the molecule is COC(=O)[C@H]1C(=O)CC[C@H]1C(=O)OC. The molecule has 0 aromatic heterocycles. The zero-order valence-corrected chi connectivity index (χ0v) is 8.11. The van der Waals surface area contributed by atoms with Crippen molar-refractivity contribution in [2.75, 3.05) is 14.2 Å². The number of Topliss-reactive ketones (excluding diaryl/α,β-unsaturated/α-hetero) is 1. The normalized spacial score (nSPS) is 26.0. The Kier molecular flexibility index (Phi) is 3.22. The van der Waals surface area contributed by atoms with Gasteiger partial charge in [-0.1, -0.05) is 0 Å². The molecule has 14 heavy (non-hydrogen) atoms. The van der Waals surface area contributed by atoms with Crippen LogP contribution in [-0.2, 0) is 23.9 Å². The fraction of sp³-hybridized carbons (Fsp3) is 0.667. The van der Waals surface area contributed by atoms with Gasteiger partial charge in [-0.2, -0.15) is 0 Å². The Labute approximate surface area is 81.4 Å². The summed E-state index contributed by atoms with van der Waals surface area (Å²) in [7, 11) is 2.43. The highest BCUT2D eigenvalue weighted by molar-refractivity contribution is 6.04. The smallest absolute Gasteiger partial charge is 0.317 e. The van der Waals surface area contributed by atoms with Crippen LogP contribution in [0.3, 0.4) is 0 Å². The van der Waals surface area contributed by atoms with Crippen LogP contribution in [-0.4, -0.2) is 31.9 Å². The van der Waals surface area contributed by atoms with Crippen molar-refractivity contribution in [2.45, 2.75) is 12.8 Å². The average Bonchev–Trinajstić information content (AvgIpc) is 2.58. The number of rotatable bonds is 2. The third-order valence-electron chi connectivity index (χ3n) is 2.41. The summed E-state index contributed by atoms with van der Waals surface area (Å²) in [5, 5.41) is 0. The third-order valence-corrected chi connectivity index (χ3v) is 2.41. The van der Waals surface area contributed by atoms with Gasteiger partial charge >= 0.3 is 11.9 Å². The lowest BCUT2D eigenvalue weighted by molar-refractivity contribution is -0.158. The molecular formula is C9H12O5. The number of methoxy groups -OCH3 is 2. The standard InChI is InChI=1S/C9H12O5/c1-13-8(11)5-3-4-6(10)7(5)9(12)14-2/h5,7H,3-4H2,1-2H3/t5-,7-/m1/s1. The van der Waals surface area contributed by atoms with Crippen LogP contribution in [0, 0.1) is 11.8 Å². The minimum Gasteiger partial charge on any atom is -0.469 e. The second kappa shape index (κ2) is 4.21. The first-order chi connectivity index (χ1) is 6.61. The zero-order chi connectivity index (χ0) is 10.7. The molecule has 0 aromatic carbocycles. The van der Waals surface area contributed by atoms with Crippen LogP contribution in [0.25, 0.3) is 0 Å². The monoisotopic (exact) mass is 200 g/mol. The molecule has 5 heteroatoms. The fourth-order valence-electron chi connectivity index (χ4n) is 1.67. The van der Waals surface area contributed by atoms with E-state index in [9.17, 15) is 14.4 Å². The lowest BCUT2D eigenvalue weighted by Gasteiger charge is -2.13. The Balaban J connectivity index is 2.81. The number of ether oxygens (including phenoxy) is 2. The minimum absolute atomic E-state index is 0.236. The van der Waals surface area contributed by atoms with E-state index in [1.807, 2.05) is 0 Å². The molecule has 1 fully saturated rings. The quantitative estimate of drug-likeness (QED) is 0.461. The van der Waals surface area contributed by atoms with Gasteiger partial charge in [0.05, 0.1) is 20.1 Å². The van der Waals surface area contributed by atoms with Gasteiger partial charge in [0.25, 0.3) is 0 Å². The molecule has 5 nitrogen and oxygen atoms in total. The number of ketones is 1. The molecule has 0 aliphatic heterocycles. The maximum Gasteiger partial charge on any atom is 0.317 e. The number of carbonyl (C=O) groups excluding carboxylic acids is 3. The molecule has 0 radical (unpaired) electrons. The topological polar surface area (TPSA) is 69.7 Å². The molecule has 0 saturated heterocycles. The van der Waals surface area contributed by atoms with E-state index in [1.165, 1.54) is 14.2 Å². The Morgan fingerprint density at radius 1 is 1.21 bits per heavy atom. The first-order valence-electron chi connectivity index (χ1n) is 4.30. The molecule has 0 aromatic rings. The molecule has 0 heterocycles. The number of esters is 2. The van der Waals surface area contributed by atoms with Crippen LogP contribution < -0.4 is 0 Å². The third kappa shape index (κ3) is 1.76. The number of hydrogen-bond acceptors (Lipinski definition) is 5. The maximum absolute atomic E-state index is 11.3. The summed E-state index contributed by atoms with van der Waals surface area (Å²) in [5.74, 6) is -3.05. The first-order valence-corrected chi connectivity index (χ1v) is 4.30. The molecule has 2 atom stereocenters. The van der Waals surface area contributed by atoms with Crippen molar-refractivity contribution in [2.24, 2.45) is 11.8 Å². The molecule has 1 aliphatic rings. The van der Waals surface area contributed by atoms with E-state index in [-0.39, 0.29) is 12.2 Å². The Hall–Kier alpha value is -1.39. The molecule has 0 N–H and O–H groups in total. The maximum atomic E-state index is 11.3. The van der Waals surface area contributed by atoms with E-state index in [0.29, 0.717) is 6.42 Å². The van der Waals surface area contributed by atoms with E-state index in [1.54, 1.807) is 0 Å². The molecule has 0 amide bonds. The minimum atomic E-state index is -0.965. The van der Waals surface area contributed by atoms with Crippen molar-refractivity contribution in [3.63, 3.8) is 0 Å². The zero-order valence-electron chi connectivity index (χ0n) is 8.11. The van der Waals surface area contributed by atoms with E-state index in [2.05, 4.69) is 9.47 Å². The van der Waals surface area contributed by atoms with Gasteiger partial charge in [-0.05, 0) is 6.42 Å². The summed E-state index contributed by atoms with van der Waals surface area (Å²) in [6.07, 6.45) is 0.602. The number of carbonyl (C=O) groups is 3. The molecular weight excluding hydrogens is 188 g/mol. The largest absolute Gasteiger partial charge is 0.469 e. The highest BCUT2D eigenvalue weighted by Gasteiger charge is 2.45. The predicted octanol–water partition coefficient (Wildman–Crippen LogP) is -0.0723. The van der Waals surface area contributed by atoms with E-state index < -0.39 is 23.8 Å². The van der Waals surface area contributed by atoms with Crippen LogP contribution in [0.15, 0.2) is 0 Å². The predicted molar refractivity (Wildman–Crippen MR) is 45.3 cm³/mol. The molecule has 1 saturated carbocycles. The van der Waals surface area contributed by atoms with Gasteiger partial charge in [0.1, 0.15) is 11.7 Å². The van der Waals surface area contributed by atoms with Crippen molar-refractivity contribution >= 4 is 17.7 Å². The van der Waals surface area contributed by atoms with E-state index in [0.717, 1.165) is 0 Å². The van der Waals surface area contributed by atoms with E-state index in [4.69, 9.17) is 0 Å². The number of hydrogen-bond donors (Lipinski definition) is 0. The second-order valence-corrected chi connectivity index (χ2v) is 3.14. The van der Waals surface area contributed by atoms with Gasteiger partial charge in [-0.25, -0.2) is 0 Å². The van der Waals surface area contributed by atoms with Gasteiger partial charge in [0, 0.05) is 6.42 Å². The lowest BCUT2D eigenvalue weighted by Crippen LogP contribution is -2.31. The van der Waals surface area contributed by atoms with E-state index >= 15 is 0 Å². The van der Waals surface area contributed by atoms with Crippen molar-refractivity contribution in [1.29, 1.82) is 0 Å². The van der Waals surface area contributed by atoms with Gasteiger partial charge in [0.15, 0.2) is 0 Å². The average molecular weight is 200 g/mol. The summed E-state index contributed by atoms with van der Waals surface area (Å²) in [5.41, 5.74) is 0. The second-order valence-electron chi connectivity index (χ2n) is 3.14. The van der Waals surface area contributed by atoms with Crippen LogP contribution in [0.1, 0.15) is 12.8 Å². The Morgan fingerprint density at radius 3 is 2.29 bits per heavy atom. The first kappa shape index (κ1) is 10.7.